The number of nitrogens with zero attached hydrogens (tertiary/aromatic N) is 3. The molecule has 21 heavy (non-hydrogen) atoms. The maximum atomic E-state index is 8.96. The van der Waals surface area contributed by atoms with Gasteiger partial charge in [-0.3, -0.25) is 0 Å². The number of nitrogens with two attached hydrogens (primary N) is 1. The summed E-state index contributed by atoms with van der Waals surface area (Å²) in [5.74, 6) is 0.837. The number of amidine groups is 1. The van der Waals surface area contributed by atoms with Gasteiger partial charge in [0, 0.05) is 5.69 Å². The predicted octanol–water partition coefficient (Wildman–Crippen LogP) is 2.42. The fraction of sp³-hybridized carbons (Fsp3) is 0.357. The SMILES string of the molecule is Cc1nc(Sc2nc3c(cc2C(N)=NO)CCC3)oc1C. The standard InChI is InChI=1S/C14H16N4O2S/c1-7-8(2)20-14(16-7)21-13-10(12(15)18-19)6-9-4-3-5-11(9)17-13/h6,19H,3-5H2,1-2H3,(H2,15,18). The smallest absolute Gasteiger partial charge is 0.262 e. The van der Waals surface area contributed by atoms with Crippen molar-refractivity contribution in [3.63, 3.8) is 0 Å². The van der Waals surface area contributed by atoms with Crippen LogP contribution >= 0.6 is 11.8 Å². The molecule has 1 aliphatic rings. The monoisotopic (exact) mass is 304 g/mol. The Hall–Kier alpha value is -2.02. The molecule has 6 nitrogen and oxygen atoms in total. The number of oxime groups is 1. The molecule has 0 bridgehead atoms. The number of fused-ring (bicyclic) bond motifs is 1. The highest BCUT2D eigenvalue weighted by atomic mass is 32.2. The second kappa shape index (κ2) is 5.40. The summed E-state index contributed by atoms with van der Waals surface area (Å²) in [7, 11) is 0. The Bertz CT molecular complexity index is 705. The van der Waals surface area contributed by atoms with Crippen molar-refractivity contribution in [2.24, 2.45) is 10.9 Å². The zero-order valence-electron chi connectivity index (χ0n) is 11.9. The lowest BCUT2D eigenvalue weighted by Crippen LogP contribution is -2.16. The molecule has 1 aliphatic carbocycles. The van der Waals surface area contributed by atoms with Crippen LogP contribution in [0.25, 0.3) is 0 Å². The van der Waals surface area contributed by atoms with Crippen LogP contribution in [-0.4, -0.2) is 21.0 Å². The first-order valence-electron chi connectivity index (χ1n) is 6.71. The summed E-state index contributed by atoms with van der Waals surface area (Å²) in [6.07, 6.45) is 3.03. The molecule has 0 aromatic carbocycles. The molecule has 0 fully saturated rings. The fourth-order valence-electron chi connectivity index (χ4n) is 2.34. The highest BCUT2D eigenvalue weighted by molar-refractivity contribution is 7.99. The molecule has 0 radical (unpaired) electrons. The van der Waals surface area contributed by atoms with E-state index < -0.39 is 0 Å². The van der Waals surface area contributed by atoms with E-state index in [4.69, 9.17) is 15.4 Å². The van der Waals surface area contributed by atoms with E-state index in [1.807, 2.05) is 19.9 Å². The third-order valence-corrected chi connectivity index (χ3v) is 4.45. The third kappa shape index (κ3) is 2.61. The van der Waals surface area contributed by atoms with Gasteiger partial charge < -0.3 is 15.4 Å². The Morgan fingerprint density at radius 2 is 2.19 bits per heavy atom. The van der Waals surface area contributed by atoms with E-state index in [9.17, 15) is 0 Å². The Labute approximate surface area is 126 Å². The first kappa shape index (κ1) is 13.9. The second-order valence-corrected chi connectivity index (χ2v) is 5.95. The van der Waals surface area contributed by atoms with E-state index in [0.717, 1.165) is 36.4 Å². The van der Waals surface area contributed by atoms with Crippen molar-refractivity contribution in [2.75, 3.05) is 0 Å². The summed E-state index contributed by atoms with van der Waals surface area (Å²) in [5, 5.41) is 13.2. The van der Waals surface area contributed by atoms with Gasteiger partial charge in [0.25, 0.3) is 5.22 Å². The molecule has 3 N–H and O–H groups in total. The minimum atomic E-state index is 0.0553. The molecule has 0 unspecified atom stereocenters. The molecule has 0 aliphatic heterocycles. The van der Waals surface area contributed by atoms with E-state index in [1.165, 1.54) is 17.3 Å². The molecular weight excluding hydrogens is 288 g/mol. The van der Waals surface area contributed by atoms with Gasteiger partial charge in [0.05, 0.1) is 11.3 Å². The number of aromatic nitrogens is 2. The summed E-state index contributed by atoms with van der Waals surface area (Å²) < 4.78 is 5.57. The van der Waals surface area contributed by atoms with Gasteiger partial charge in [0.15, 0.2) is 5.84 Å². The van der Waals surface area contributed by atoms with Crippen molar-refractivity contribution in [3.8, 4) is 0 Å². The highest BCUT2D eigenvalue weighted by Gasteiger charge is 2.20. The molecule has 0 atom stereocenters. The van der Waals surface area contributed by atoms with Crippen LogP contribution in [0.4, 0.5) is 0 Å². The largest absolute Gasteiger partial charge is 0.436 e. The summed E-state index contributed by atoms with van der Waals surface area (Å²) in [6.45, 7) is 3.76. The molecule has 2 aromatic rings. The minimum Gasteiger partial charge on any atom is -0.436 e. The Morgan fingerprint density at radius 3 is 2.86 bits per heavy atom. The molecule has 0 saturated heterocycles. The van der Waals surface area contributed by atoms with Gasteiger partial charge in [-0.25, -0.2) is 9.97 Å². The van der Waals surface area contributed by atoms with E-state index in [-0.39, 0.29) is 5.84 Å². The van der Waals surface area contributed by atoms with Crippen molar-refractivity contribution in [3.05, 3.63) is 34.3 Å². The molecule has 2 heterocycles. The fourth-order valence-corrected chi connectivity index (χ4v) is 3.28. The van der Waals surface area contributed by atoms with E-state index in [2.05, 4.69) is 15.1 Å². The summed E-state index contributed by atoms with van der Waals surface area (Å²) >= 11 is 1.30. The number of hydrogen-bond donors (Lipinski definition) is 2. The Balaban J connectivity index is 2.03. The van der Waals surface area contributed by atoms with Gasteiger partial charge in [-0.05, 0) is 56.5 Å². The molecule has 0 spiro atoms. The predicted molar refractivity (Wildman–Crippen MR) is 78.9 cm³/mol. The average molecular weight is 304 g/mol. The van der Waals surface area contributed by atoms with Crippen molar-refractivity contribution >= 4 is 17.6 Å². The van der Waals surface area contributed by atoms with Crippen LogP contribution < -0.4 is 5.73 Å². The topological polar surface area (TPSA) is 97.5 Å². The molecule has 2 aromatic heterocycles. The third-order valence-electron chi connectivity index (χ3n) is 3.59. The number of hydrogen-bond acceptors (Lipinski definition) is 6. The van der Waals surface area contributed by atoms with Crippen molar-refractivity contribution in [1.29, 1.82) is 0 Å². The molecule has 0 amide bonds. The molecule has 7 heteroatoms. The van der Waals surface area contributed by atoms with Crippen LogP contribution in [0, 0.1) is 13.8 Å². The van der Waals surface area contributed by atoms with Gasteiger partial charge >= 0.3 is 0 Å². The van der Waals surface area contributed by atoms with Crippen LogP contribution in [0.1, 0.15) is 34.7 Å². The van der Waals surface area contributed by atoms with E-state index >= 15 is 0 Å². The maximum absolute atomic E-state index is 8.96. The number of rotatable bonds is 3. The van der Waals surface area contributed by atoms with E-state index in [1.54, 1.807) is 0 Å². The number of oxazole rings is 1. The van der Waals surface area contributed by atoms with Gasteiger partial charge in [0.2, 0.25) is 0 Å². The van der Waals surface area contributed by atoms with E-state index in [0.29, 0.717) is 15.8 Å². The average Bonchev–Trinajstić information content (AvgIpc) is 3.04. The maximum Gasteiger partial charge on any atom is 0.262 e. The lowest BCUT2D eigenvalue weighted by atomic mass is 10.1. The van der Waals surface area contributed by atoms with Crippen LogP contribution in [0.5, 0.6) is 0 Å². The van der Waals surface area contributed by atoms with Crippen LogP contribution in [0.15, 0.2) is 25.9 Å². The van der Waals surface area contributed by atoms with Crippen LogP contribution in [0.3, 0.4) is 0 Å². The molecule has 3 rings (SSSR count). The minimum absolute atomic E-state index is 0.0553. The lowest BCUT2D eigenvalue weighted by Gasteiger charge is -2.08. The zero-order chi connectivity index (χ0) is 15.0. The normalized spacial score (nSPS) is 14.5. The summed E-state index contributed by atoms with van der Waals surface area (Å²) in [5.41, 5.74) is 9.49. The van der Waals surface area contributed by atoms with Gasteiger partial charge in [-0.1, -0.05) is 5.16 Å². The zero-order valence-corrected chi connectivity index (χ0v) is 12.7. The Kier molecular flexibility index (Phi) is 3.59. The van der Waals surface area contributed by atoms with Crippen molar-refractivity contribution < 1.29 is 9.62 Å². The van der Waals surface area contributed by atoms with Crippen molar-refractivity contribution in [1.82, 2.24) is 9.97 Å². The van der Waals surface area contributed by atoms with Crippen LogP contribution in [-0.2, 0) is 12.8 Å². The lowest BCUT2D eigenvalue weighted by molar-refractivity contribution is 0.318. The number of pyridine rings is 1. The van der Waals surface area contributed by atoms with Gasteiger partial charge in [-0.15, -0.1) is 0 Å². The van der Waals surface area contributed by atoms with Crippen LogP contribution in [0.2, 0.25) is 0 Å². The summed E-state index contributed by atoms with van der Waals surface area (Å²) in [6, 6.07) is 1.95. The highest BCUT2D eigenvalue weighted by Crippen LogP contribution is 2.33. The molecule has 110 valence electrons. The molecule has 0 saturated carbocycles. The summed E-state index contributed by atoms with van der Waals surface area (Å²) in [4.78, 5) is 8.99. The number of aryl methyl sites for hydroxylation is 4. The quantitative estimate of drug-likeness (QED) is 0.391. The second-order valence-electron chi connectivity index (χ2n) is 5.01. The molecular formula is C14H16N4O2S. The first-order chi connectivity index (χ1) is 10.1. The van der Waals surface area contributed by atoms with Gasteiger partial charge in [0.1, 0.15) is 10.8 Å². The Morgan fingerprint density at radius 1 is 1.38 bits per heavy atom. The first-order valence-corrected chi connectivity index (χ1v) is 7.52. The van der Waals surface area contributed by atoms with Crippen molar-refractivity contribution in [2.45, 2.75) is 43.4 Å². The van der Waals surface area contributed by atoms with Gasteiger partial charge in [-0.2, -0.15) is 0 Å².